The second-order valence-electron chi connectivity index (χ2n) is 5.14. The Morgan fingerprint density at radius 1 is 1.09 bits per heavy atom. The van der Waals surface area contributed by atoms with E-state index in [1.165, 1.54) is 23.5 Å². The van der Waals surface area contributed by atoms with Crippen molar-refractivity contribution in [2.45, 2.75) is 11.8 Å². The lowest BCUT2D eigenvalue weighted by atomic mass is 9.99. The van der Waals surface area contributed by atoms with E-state index in [1.54, 1.807) is 18.5 Å². The number of hydrogen-bond acceptors (Lipinski definition) is 4. The molecule has 118 valence electrons. The molecular weight excluding hydrogens is 335 g/mol. The van der Waals surface area contributed by atoms with E-state index in [0.29, 0.717) is 5.56 Å². The van der Waals surface area contributed by atoms with Gasteiger partial charge in [-0.2, -0.15) is 11.3 Å². The van der Waals surface area contributed by atoms with Crippen LogP contribution in [0.5, 0.6) is 0 Å². The van der Waals surface area contributed by atoms with Crippen molar-refractivity contribution in [2.24, 2.45) is 5.14 Å². The molecule has 0 aliphatic rings. The summed E-state index contributed by atoms with van der Waals surface area (Å²) in [6, 6.07) is 5.93. The van der Waals surface area contributed by atoms with Gasteiger partial charge < -0.3 is 0 Å². The van der Waals surface area contributed by atoms with Gasteiger partial charge in [0.05, 0.1) is 0 Å². The second-order valence-corrected chi connectivity index (χ2v) is 7.41. The number of aryl methyl sites for hydroxylation is 1. The van der Waals surface area contributed by atoms with Crippen LogP contribution < -0.4 is 5.14 Å². The Hall–Kier alpha value is -2.09. The monoisotopic (exact) mass is 348 g/mol. The lowest BCUT2D eigenvalue weighted by Gasteiger charge is -2.07. The van der Waals surface area contributed by atoms with E-state index in [4.69, 9.17) is 5.14 Å². The first-order valence-electron chi connectivity index (χ1n) is 6.67. The molecule has 0 atom stereocenters. The van der Waals surface area contributed by atoms with Gasteiger partial charge in [0.15, 0.2) is 0 Å². The SMILES string of the molecule is Cc1cncc(-c2cscc2-c2ccc(S(N)(=O)=O)c(F)c2)c1. The van der Waals surface area contributed by atoms with E-state index >= 15 is 0 Å². The van der Waals surface area contributed by atoms with Gasteiger partial charge in [-0.1, -0.05) is 6.07 Å². The number of rotatable bonds is 3. The molecule has 0 bridgehead atoms. The maximum absolute atomic E-state index is 14.1. The zero-order valence-corrected chi connectivity index (χ0v) is 13.8. The maximum Gasteiger partial charge on any atom is 0.240 e. The Bertz CT molecular complexity index is 981. The predicted octanol–water partition coefficient (Wildman–Crippen LogP) is 3.57. The van der Waals surface area contributed by atoms with Crippen molar-refractivity contribution in [3.05, 3.63) is 58.8 Å². The minimum atomic E-state index is -4.07. The van der Waals surface area contributed by atoms with Crippen LogP contribution in [-0.4, -0.2) is 13.4 Å². The Morgan fingerprint density at radius 3 is 2.39 bits per heavy atom. The van der Waals surface area contributed by atoms with Crippen molar-refractivity contribution in [1.29, 1.82) is 0 Å². The van der Waals surface area contributed by atoms with Gasteiger partial charge in [-0.05, 0) is 47.0 Å². The zero-order chi connectivity index (χ0) is 16.6. The van der Waals surface area contributed by atoms with Crippen LogP contribution in [0.15, 0.2) is 52.3 Å². The molecule has 0 saturated carbocycles. The first-order chi connectivity index (χ1) is 10.9. The number of sulfonamides is 1. The third-order valence-corrected chi connectivity index (χ3v) is 5.09. The zero-order valence-electron chi connectivity index (χ0n) is 12.2. The predicted molar refractivity (Wildman–Crippen MR) is 89.1 cm³/mol. The highest BCUT2D eigenvalue weighted by molar-refractivity contribution is 7.89. The summed E-state index contributed by atoms with van der Waals surface area (Å²) in [5.74, 6) is -0.857. The van der Waals surface area contributed by atoms with E-state index in [0.717, 1.165) is 22.3 Å². The molecule has 1 aromatic carbocycles. The highest BCUT2D eigenvalue weighted by Gasteiger charge is 2.16. The van der Waals surface area contributed by atoms with Crippen LogP contribution in [0.3, 0.4) is 0 Å². The third kappa shape index (κ3) is 3.17. The standard InChI is InChI=1S/C16H13FN2O2S2/c1-10-4-12(7-19-6-10)14-9-22-8-13(14)11-2-3-16(15(17)5-11)23(18,20)21/h2-9H,1H3,(H2,18,20,21). The lowest BCUT2D eigenvalue weighted by molar-refractivity contribution is 0.568. The quantitative estimate of drug-likeness (QED) is 0.786. The molecule has 23 heavy (non-hydrogen) atoms. The lowest BCUT2D eigenvalue weighted by Crippen LogP contribution is -2.13. The molecule has 0 aliphatic heterocycles. The maximum atomic E-state index is 14.1. The van der Waals surface area contributed by atoms with Crippen LogP contribution in [-0.2, 0) is 10.0 Å². The molecule has 4 nitrogen and oxygen atoms in total. The molecule has 0 fully saturated rings. The molecule has 7 heteroatoms. The Labute approximate surface area is 137 Å². The van der Waals surface area contributed by atoms with Crippen LogP contribution in [0.1, 0.15) is 5.56 Å². The highest BCUT2D eigenvalue weighted by atomic mass is 32.2. The molecule has 0 unspecified atom stereocenters. The Balaban J connectivity index is 2.11. The fourth-order valence-electron chi connectivity index (χ4n) is 2.35. The summed E-state index contributed by atoms with van der Waals surface area (Å²) >= 11 is 1.48. The first kappa shape index (κ1) is 15.8. The summed E-state index contributed by atoms with van der Waals surface area (Å²) in [6.45, 7) is 1.95. The Morgan fingerprint density at radius 2 is 1.78 bits per heavy atom. The number of thiophene rings is 1. The largest absolute Gasteiger partial charge is 0.264 e. The molecule has 0 aliphatic carbocycles. The van der Waals surface area contributed by atoms with Gasteiger partial charge in [0, 0.05) is 29.1 Å². The average molecular weight is 348 g/mol. The normalized spacial score (nSPS) is 11.6. The summed E-state index contributed by atoms with van der Waals surface area (Å²) in [4.78, 5) is 3.67. The van der Waals surface area contributed by atoms with Crippen LogP contribution >= 0.6 is 11.3 Å². The van der Waals surface area contributed by atoms with E-state index in [9.17, 15) is 12.8 Å². The number of hydrogen-bond donors (Lipinski definition) is 1. The third-order valence-electron chi connectivity index (χ3n) is 3.40. The fourth-order valence-corrected chi connectivity index (χ4v) is 3.80. The van der Waals surface area contributed by atoms with Gasteiger partial charge in [-0.15, -0.1) is 0 Å². The topological polar surface area (TPSA) is 73.0 Å². The van der Waals surface area contributed by atoms with Gasteiger partial charge in [0.25, 0.3) is 0 Å². The number of pyridine rings is 1. The van der Waals surface area contributed by atoms with Crippen LogP contribution in [0, 0.1) is 12.7 Å². The van der Waals surface area contributed by atoms with E-state index in [2.05, 4.69) is 4.98 Å². The molecule has 2 heterocycles. The molecule has 0 amide bonds. The number of primary sulfonamides is 1. The molecule has 0 spiro atoms. The van der Waals surface area contributed by atoms with Gasteiger partial charge in [-0.25, -0.2) is 17.9 Å². The molecule has 3 rings (SSSR count). The van der Waals surface area contributed by atoms with E-state index < -0.39 is 20.7 Å². The van der Waals surface area contributed by atoms with Gasteiger partial charge in [-0.3, -0.25) is 4.98 Å². The van der Waals surface area contributed by atoms with Gasteiger partial charge in [0.1, 0.15) is 10.7 Å². The molecule has 0 radical (unpaired) electrons. The molecular formula is C16H13FN2O2S2. The second kappa shape index (κ2) is 5.84. The van der Waals surface area contributed by atoms with Crippen molar-refractivity contribution in [2.75, 3.05) is 0 Å². The van der Waals surface area contributed by atoms with E-state index in [1.807, 2.05) is 23.8 Å². The minimum absolute atomic E-state index is 0.504. The molecule has 0 saturated heterocycles. The first-order valence-corrected chi connectivity index (χ1v) is 9.16. The summed E-state index contributed by atoms with van der Waals surface area (Å²) in [6.07, 6.45) is 3.50. The van der Waals surface area contributed by atoms with Crippen molar-refractivity contribution in [1.82, 2.24) is 4.98 Å². The number of nitrogens with two attached hydrogens (primary N) is 1. The molecule has 2 N–H and O–H groups in total. The van der Waals surface area contributed by atoms with Crippen molar-refractivity contribution in [3.63, 3.8) is 0 Å². The fraction of sp³-hybridized carbons (Fsp3) is 0.0625. The molecule has 3 aromatic rings. The van der Waals surface area contributed by atoms with Crippen molar-refractivity contribution in [3.8, 4) is 22.3 Å². The number of halogens is 1. The summed E-state index contributed by atoms with van der Waals surface area (Å²) in [5, 5.41) is 8.84. The highest BCUT2D eigenvalue weighted by Crippen LogP contribution is 2.36. The van der Waals surface area contributed by atoms with Crippen molar-refractivity contribution < 1.29 is 12.8 Å². The summed E-state index contributed by atoms with van der Waals surface area (Å²) in [7, 11) is -4.07. The minimum Gasteiger partial charge on any atom is -0.264 e. The summed E-state index contributed by atoms with van der Waals surface area (Å²) in [5.41, 5.74) is 4.29. The van der Waals surface area contributed by atoms with Gasteiger partial charge in [0.2, 0.25) is 10.0 Å². The smallest absolute Gasteiger partial charge is 0.240 e. The van der Waals surface area contributed by atoms with E-state index in [-0.39, 0.29) is 0 Å². The molecule has 2 aromatic heterocycles. The number of benzene rings is 1. The van der Waals surface area contributed by atoms with Crippen molar-refractivity contribution >= 4 is 21.4 Å². The van der Waals surface area contributed by atoms with Crippen LogP contribution in [0.4, 0.5) is 4.39 Å². The number of nitrogens with zero attached hydrogens (tertiary/aromatic N) is 1. The van der Waals surface area contributed by atoms with Crippen LogP contribution in [0.25, 0.3) is 22.3 Å². The Kier molecular flexibility index (Phi) is 4.01. The average Bonchev–Trinajstić information content (AvgIpc) is 2.95. The summed E-state index contributed by atoms with van der Waals surface area (Å²) < 4.78 is 36.7. The van der Waals surface area contributed by atoms with Gasteiger partial charge >= 0.3 is 0 Å². The number of aromatic nitrogens is 1. The van der Waals surface area contributed by atoms with Crippen LogP contribution in [0.2, 0.25) is 0 Å².